The van der Waals surface area contributed by atoms with Gasteiger partial charge in [-0.1, -0.05) is 0 Å². The Morgan fingerprint density at radius 2 is 2.00 bits per heavy atom. The van der Waals surface area contributed by atoms with Crippen LogP contribution in [0.2, 0.25) is 0 Å². The number of hydrogen-bond acceptors (Lipinski definition) is 5. The second-order valence-electron chi connectivity index (χ2n) is 4.53. The molecule has 0 atom stereocenters. The SMILES string of the molecule is CCOC(=O)C(C)(C)c1csc(N(CC)CC)n1. The van der Waals surface area contributed by atoms with E-state index in [0.717, 1.165) is 23.9 Å². The molecule has 0 unspecified atom stereocenters. The lowest BCUT2D eigenvalue weighted by atomic mass is 9.90. The number of nitrogens with zero attached hydrogens (tertiary/aromatic N) is 2. The summed E-state index contributed by atoms with van der Waals surface area (Å²) in [7, 11) is 0. The molecule has 0 aromatic carbocycles. The highest BCUT2D eigenvalue weighted by atomic mass is 32.1. The molecule has 0 aliphatic heterocycles. The smallest absolute Gasteiger partial charge is 0.317 e. The van der Waals surface area contributed by atoms with Gasteiger partial charge in [-0.25, -0.2) is 4.98 Å². The van der Waals surface area contributed by atoms with Gasteiger partial charge in [-0.15, -0.1) is 11.3 Å². The Labute approximate surface area is 113 Å². The quantitative estimate of drug-likeness (QED) is 0.745. The van der Waals surface area contributed by atoms with Crippen LogP contribution < -0.4 is 4.90 Å². The Hall–Kier alpha value is -1.10. The van der Waals surface area contributed by atoms with Crippen LogP contribution in [0.3, 0.4) is 0 Å². The summed E-state index contributed by atoms with van der Waals surface area (Å²) in [5.74, 6) is -0.221. The zero-order chi connectivity index (χ0) is 13.8. The fourth-order valence-corrected chi connectivity index (χ4v) is 2.73. The van der Waals surface area contributed by atoms with Gasteiger partial charge in [-0.05, 0) is 34.6 Å². The molecule has 102 valence electrons. The van der Waals surface area contributed by atoms with Crippen LogP contribution in [0.15, 0.2) is 5.38 Å². The van der Waals surface area contributed by atoms with Crippen molar-refractivity contribution in [1.82, 2.24) is 4.98 Å². The molecule has 1 aromatic rings. The van der Waals surface area contributed by atoms with Crippen molar-refractivity contribution in [3.63, 3.8) is 0 Å². The molecule has 0 radical (unpaired) electrons. The number of aromatic nitrogens is 1. The van der Waals surface area contributed by atoms with Crippen molar-refractivity contribution in [2.75, 3.05) is 24.6 Å². The van der Waals surface area contributed by atoms with Gasteiger partial charge in [0.15, 0.2) is 5.13 Å². The largest absolute Gasteiger partial charge is 0.465 e. The average molecular weight is 270 g/mol. The number of carbonyl (C=O) groups is 1. The Balaban J connectivity index is 2.93. The summed E-state index contributed by atoms with van der Waals surface area (Å²) in [5.41, 5.74) is 0.102. The van der Waals surface area contributed by atoms with Gasteiger partial charge < -0.3 is 9.64 Å². The molecule has 0 spiro atoms. The molecule has 0 aliphatic rings. The van der Waals surface area contributed by atoms with Crippen LogP contribution >= 0.6 is 11.3 Å². The molecule has 0 fully saturated rings. The third-order valence-corrected chi connectivity index (χ3v) is 3.85. The van der Waals surface area contributed by atoms with E-state index in [1.54, 1.807) is 11.3 Å². The molecule has 4 nitrogen and oxygen atoms in total. The van der Waals surface area contributed by atoms with Crippen molar-refractivity contribution >= 4 is 22.4 Å². The van der Waals surface area contributed by atoms with Gasteiger partial charge in [0.1, 0.15) is 5.41 Å². The number of rotatable bonds is 6. The number of thiazole rings is 1. The first kappa shape index (κ1) is 15.0. The van der Waals surface area contributed by atoms with Crippen molar-refractivity contribution < 1.29 is 9.53 Å². The van der Waals surface area contributed by atoms with E-state index in [0.29, 0.717) is 6.61 Å². The van der Waals surface area contributed by atoms with E-state index in [1.807, 2.05) is 26.2 Å². The lowest BCUT2D eigenvalue weighted by Crippen LogP contribution is -2.31. The lowest BCUT2D eigenvalue weighted by molar-refractivity contribution is -0.148. The predicted molar refractivity (Wildman–Crippen MR) is 75.3 cm³/mol. The molecular formula is C13H22N2O2S. The summed E-state index contributed by atoms with van der Waals surface area (Å²) in [5, 5.41) is 2.91. The van der Waals surface area contributed by atoms with Crippen LogP contribution in [0.5, 0.6) is 0 Å². The molecular weight excluding hydrogens is 248 g/mol. The van der Waals surface area contributed by atoms with Crippen molar-refractivity contribution in [3.05, 3.63) is 11.1 Å². The van der Waals surface area contributed by atoms with Gasteiger partial charge in [0.25, 0.3) is 0 Å². The summed E-state index contributed by atoms with van der Waals surface area (Å²) in [6.45, 7) is 12.0. The van der Waals surface area contributed by atoms with E-state index in [1.165, 1.54) is 0 Å². The molecule has 0 aliphatic carbocycles. The van der Waals surface area contributed by atoms with E-state index in [9.17, 15) is 4.79 Å². The van der Waals surface area contributed by atoms with Gasteiger partial charge in [0.2, 0.25) is 0 Å². The highest BCUT2D eigenvalue weighted by Gasteiger charge is 2.34. The van der Waals surface area contributed by atoms with Gasteiger partial charge in [0.05, 0.1) is 12.3 Å². The Kier molecular flexibility index (Phi) is 5.14. The number of anilines is 1. The van der Waals surface area contributed by atoms with E-state index in [4.69, 9.17) is 4.74 Å². The molecule has 0 bridgehead atoms. The Morgan fingerprint density at radius 3 is 2.50 bits per heavy atom. The molecule has 1 aromatic heterocycles. The van der Waals surface area contributed by atoms with Gasteiger partial charge in [-0.2, -0.15) is 0 Å². The second-order valence-corrected chi connectivity index (χ2v) is 5.37. The second kappa shape index (κ2) is 6.18. The van der Waals surface area contributed by atoms with E-state index in [-0.39, 0.29) is 5.97 Å². The zero-order valence-electron chi connectivity index (χ0n) is 11.8. The molecule has 0 N–H and O–H groups in total. The molecule has 0 saturated carbocycles. The van der Waals surface area contributed by atoms with Crippen LogP contribution in [0.1, 0.15) is 40.3 Å². The van der Waals surface area contributed by atoms with Crippen molar-refractivity contribution in [1.29, 1.82) is 0 Å². The molecule has 5 heteroatoms. The van der Waals surface area contributed by atoms with Crippen molar-refractivity contribution in [2.45, 2.75) is 40.0 Å². The predicted octanol–water partition coefficient (Wildman–Crippen LogP) is 2.83. The van der Waals surface area contributed by atoms with Crippen molar-refractivity contribution in [2.24, 2.45) is 0 Å². The number of esters is 1. The Bertz CT molecular complexity index is 397. The number of carbonyl (C=O) groups excluding carboxylic acids is 1. The van der Waals surface area contributed by atoms with E-state index >= 15 is 0 Å². The first-order chi connectivity index (χ1) is 8.47. The third-order valence-electron chi connectivity index (χ3n) is 2.95. The van der Waals surface area contributed by atoms with Gasteiger partial charge in [-0.3, -0.25) is 4.79 Å². The van der Waals surface area contributed by atoms with Crippen molar-refractivity contribution in [3.8, 4) is 0 Å². The maximum Gasteiger partial charge on any atom is 0.317 e. The Morgan fingerprint density at radius 1 is 1.39 bits per heavy atom. The van der Waals surface area contributed by atoms with Crippen LogP contribution in [0.4, 0.5) is 5.13 Å². The summed E-state index contributed by atoms with van der Waals surface area (Å²) in [4.78, 5) is 18.7. The standard InChI is InChI=1S/C13H22N2O2S/c1-6-15(7-2)12-14-10(9-18-12)13(4,5)11(16)17-8-3/h9H,6-8H2,1-5H3. The van der Waals surface area contributed by atoms with Crippen LogP contribution in [-0.2, 0) is 14.9 Å². The summed E-state index contributed by atoms with van der Waals surface area (Å²) in [6.07, 6.45) is 0. The maximum atomic E-state index is 11.9. The fourth-order valence-electron chi connectivity index (χ4n) is 1.61. The molecule has 0 amide bonds. The maximum absolute atomic E-state index is 11.9. The zero-order valence-corrected chi connectivity index (χ0v) is 12.6. The minimum Gasteiger partial charge on any atom is -0.465 e. The van der Waals surface area contributed by atoms with E-state index in [2.05, 4.69) is 23.7 Å². The third kappa shape index (κ3) is 3.02. The summed E-state index contributed by atoms with van der Waals surface area (Å²) < 4.78 is 5.10. The van der Waals surface area contributed by atoms with Crippen LogP contribution in [-0.4, -0.2) is 30.6 Å². The summed E-state index contributed by atoms with van der Waals surface area (Å²) >= 11 is 1.58. The molecule has 1 rings (SSSR count). The highest BCUT2D eigenvalue weighted by molar-refractivity contribution is 7.13. The topological polar surface area (TPSA) is 42.4 Å². The molecule has 1 heterocycles. The minimum absolute atomic E-state index is 0.221. The lowest BCUT2D eigenvalue weighted by Gasteiger charge is -2.20. The number of ether oxygens (including phenoxy) is 1. The van der Waals surface area contributed by atoms with Crippen LogP contribution in [0.25, 0.3) is 0 Å². The monoisotopic (exact) mass is 270 g/mol. The highest BCUT2D eigenvalue weighted by Crippen LogP contribution is 2.30. The minimum atomic E-state index is -0.683. The van der Waals surface area contributed by atoms with Gasteiger partial charge in [0, 0.05) is 18.5 Å². The molecule has 0 saturated heterocycles. The van der Waals surface area contributed by atoms with Gasteiger partial charge >= 0.3 is 5.97 Å². The van der Waals surface area contributed by atoms with Crippen LogP contribution in [0, 0.1) is 0 Å². The van der Waals surface area contributed by atoms with E-state index < -0.39 is 5.41 Å². The normalized spacial score (nSPS) is 11.4. The first-order valence-electron chi connectivity index (χ1n) is 6.35. The first-order valence-corrected chi connectivity index (χ1v) is 7.23. The fraction of sp³-hybridized carbons (Fsp3) is 0.692. The molecule has 18 heavy (non-hydrogen) atoms. The summed E-state index contributed by atoms with van der Waals surface area (Å²) in [6, 6.07) is 0. The number of hydrogen-bond donors (Lipinski definition) is 0. The average Bonchev–Trinajstić information content (AvgIpc) is 2.81.